The van der Waals surface area contributed by atoms with Crippen molar-refractivity contribution < 1.29 is 4.79 Å². The third kappa shape index (κ3) is 3.28. The molecule has 0 saturated carbocycles. The van der Waals surface area contributed by atoms with E-state index < -0.39 is 0 Å². The fourth-order valence-corrected chi connectivity index (χ4v) is 1.10. The maximum absolute atomic E-state index is 10.3. The second-order valence-corrected chi connectivity index (χ2v) is 2.96. The van der Waals surface area contributed by atoms with Gasteiger partial charge in [-0.25, -0.2) is 0 Å². The third-order valence-corrected chi connectivity index (χ3v) is 1.84. The SMILES string of the molecule is CCCCNc1cccc([C]=O)c1. The predicted molar refractivity (Wildman–Crippen MR) is 54.6 cm³/mol. The maximum atomic E-state index is 10.3. The monoisotopic (exact) mass is 176 g/mol. The summed E-state index contributed by atoms with van der Waals surface area (Å²) in [6, 6.07) is 7.37. The quantitative estimate of drug-likeness (QED) is 0.698. The summed E-state index contributed by atoms with van der Waals surface area (Å²) in [5.74, 6) is 0. The molecule has 0 aliphatic rings. The number of hydrogen-bond donors (Lipinski definition) is 1. The highest BCUT2D eigenvalue weighted by Crippen LogP contribution is 2.08. The van der Waals surface area contributed by atoms with Crippen LogP contribution in [-0.2, 0) is 4.79 Å². The van der Waals surface area contributed by atoms with E-state index in [0.717, 1.165) is 18.7 Å². The normalized spacial score (nSPS) is 9.62. The van der Waals surface area contributed by atoms with Gasteiger partial charge in [-0.2, -0.15) is 0 Å². The summed E-state index contributed by atoms with van der Waals surface area (Å²) in [4.78, 5) is 10.3. The molecule has 1 N–H and O–H groups in total. The van der Waals surface area contributed by atoms with Crippen LogP contribution in [0.4, 0.5) is 5.69 Å². The number of nitrogens with one attached hydrogen (secondary N) is 1. The molecular formula is C11H14NO. The first-order valence-corrected chi connectivity index (χ1v) is 4.59. The second-order valence-electron chi connectivity index (χ2n) is 2.96. The summed E-state index contributed by atoms with van der Waals surface area (Å²) in [5.41, 5.74) is 1.59. The number of benzene rings is 1. The minimum Gasteiger partial charge on any atom is -0.385 e. The van der Waals surface area contributed by atoms with Gasteiger partial charge < -0.3 is 5.32 Å². The van der Waals surface area contributed by atoms with Crippen molar-refractivity contribution in [3.05, 3.63) is 29.8 Å². The van der Waals surface area contributed by atoms with Crippen molar-refractivity contribution >= 4 is 12.0 Å². The Bertz CT molecular complexity index is 271. The average molecular weight is 176 g/mol. The number of rotatable bonds is 5. The lowest BCUT2D eigenvalue weighted by Gasteiger charge is -2.04. The van der Waals surface area contributed by atoms with Crippen LogP contribution in [-0.4, -0.2) is 12.8 Å². The maximum Gasteiger partial charge on any atom is 0.233 e. The molecule has 13 heavy (non-hydrogen) atoms. The highest BCUT2D eigenvalue weighted by Gasteiger charge is 1.93. The molecule has 0 aromatic heterocycles. The lowest BCUT2D eigenvalue weighted by Crippen LogP contribution is -2.00. The molecule has 0 amide bonds. The van der Waals surface area contributed by atoms with Crippen molar-refractivity contribution in [3.8, 4) is 0 Å². The molecular weight excluding hydrogens is 162 g/mol. The fourth-order valence-electron chi connectivity index (χ4n) is 1.10. The van der Waals surface area contributed by atoms with E-state index in [1.54, 1.807) is 6.07 Å². The zero-order chi connectivity index (χ0) is 9.52. The van der Waals surface area contributed by atoms with Gasteiger partial charge in [-0.15, -0.1) is 0 Å². The van der Waals surface area contributed by atoms with Crippen molar-refractivity contribution in [1.29, 1.82) is 0 Å². The Morgan fingerprint density at radius 3 is 3.00 bits per heavy atom. The fraction of sp³-hybridized carbons (Fsp3) is 0.364. The summed E-state index contributed by atoms with van der Waals surface area (Å²) in [6.45, 7) is 3.11. The van der Waals surface area contributed by atoms with E-state index in [1.807, 2.05) is 24.5 Å². The van der Waals surface area contributed by atoms with Crippen molar-refractivity contribution in [3.63, 3.8) is 0 Å². The van der Waals surface area contributed by atoms with Crippen LogP contribution < -0.4 is 5.32 Å². The summed E-state index contributed by atoms with van der Waals surface area (Å²) in [6.07, 6.45) is 4.19. The van der Waals surface area contributed by atoms with Crippen LogP contribution in [0.15, 0.2) is 24.3 Å². The van der Waals surface area contributed by atoms with Crippen molar-refractivity contribution in [2.75, 3.05) is 11.9 Å². The zero-order valence-electron chi connectivity index (χ0n) is 7.84. The predicted octanol–water partition coefficient (Wildman–Crippen LogP) is 2.36. The van der Waals surface area contributed by atoms with Gasteiger partial charge in [0.15, 0.2) is 0 Å². The molecule has 0 spiro atoms. The van der Waals surface area contributed by atoms with E-state index in [4.69, 9.17) is 0 Å². The Morgan fingerprint density at radius 1 is 1.46 bits per heavy atom. The standard InChI is InChI=1S/C11H14NO/c1-2-3-7-12-11-6-4-5-10(8-11)9-13/h4-6,8,12H,2-3,7H2,1H3. The summed E-state index contributed by atoms with van der Waals surface area (Å²) >= 11 is 0. The summed E-state index contributed by atoms with van der Waals surface area (Å²) in [5, 5.41) is 3.24. The van der Waals surface area contributed by atoms with Crippen LogP contribution in [0.5, 0.6) is 0 Å². The van der Waals surface area contributed by atoms with Crippen molar-refractivity contribution in [2.45, 2.75) is 19.8 Å². The van der Waals surface area contributed by atoms with Crippen LogP contribution in [0.2, 0.25) is 0 Å². The molecule has 0 bridgehead atoms. The smallest absolute Gasteiger partial charge is 0.233 e. The van der Waals surface area contributed by atoms with E-state index in [2.05, 4.69) is 12.2 Å². The van der Waals surface area contributed by atoms with Gasteiger partial charge in [0.05, 0.1) is 0 Å². The minimum atomic E-state index is 0.599. The number of hydrogen-bond acceptors (Lipinski definition) is 2. The first kappa shape index (κ1) is 9.78. The van der Waals surface area contributed by atoms with Gasteiger partial charge in [-0.3, -0.25) is 4.79 Å². The molecule has 0 unspecified atom stereocenters. The molecule has 1 radical (unpaired) electrons. The molecule has 1 aromatic rings. The summed E-state index contributed by atoms with van der Waals surface area (Å²) < 4.78 is 0. The molecule has 0 aliphatic carbocycles. The molecule has 2 heteroatoms. The number of carbonyl (C=O) groups excluding carboxylic acids is 1. The Balaban J connectivity index is 2.51. The molecule has 0 heterocycles. The molecule has 0 atom stereocenters. The minimum absolute atomic E-state index is 0.599. The topological polar surface area (TPSA) is 29.1 Å². The highest BCUT2D eigenvalue weighted by molar-refractivity contribution is 5.77. The van der Waals surface area contributed by atoms with Crippen LogP contribution >= 0.6 is 0 Å². The van der Waals surface area contributed by atoms with Crippen LogP contribution in [0, 0.1) is 0 Å². The van der Waals surface area contributed by atoms with E-state index >= 15 is 0 Å². The molecule has 0 aliphatic heterocycles. The van der Waals surface area contributed by atoms with Crippen LogP contribution in [0.3, 0.4) is 0 Å². The second kappa shape index (κ2) is 5.36. The van der Waals surface area contributed by atoms with Gasteiger partial charge in [0, 0.05) is 17.8 Å². The lowest BCUT2D eigenvalue weighted by molar-refractivity contribution is 0.563. The largest absolute Gasteiger partial charge is 0.385 e. The Hall–Kier alpha value is -1.31. The number of anilines is 1. The highest BCUT2D eigenvalue weighted by atomic mass is 16.1. The van der Waals surface area contributed by atoms with Crippen molar-refractivity contribution in [2.24, 2.45) is 0 Å². The van der Waals surface area contributed by atoms with Gasteiger partial charge >= 0.3 is 0 Å². The van der Waals surface area contributed by atoms with E-state index in [-0.39, 0.29) is 0 Å². The van der Waals surface area contributed by atoms with E-state index in [9.17, 15) is 4.79 Å². The molecule has 69 valence electrons. The Morgan fingerprint density at radius 2 is 2.31 bits per heavy atom. The van der Waals surface area contributed by atoms with Gasteiger partial charge in [-0.05, 0) is 18.6 Å². The van der Waals surface area contributed by atoms with E-state index in [1.165, 1.54) is 6.42 Å². The van der Waals surface area contributed by atoms with E-state index in [0.29, 0.717) is 5.56 Å². The average Bonchev–Trinajstić information content (AvgIpc) is 2.19. The number of unbranched alkanes of at least 4 members (excludes halogenated alkanes) is 1. The Labute approximate surface area is 79.0 Å². The lowest BCUT2D eigenvalue weighted by atomic mass is 10.2. The third-order valence-electron chi connectivity index (χ3n) is 1.84. The molecule has 1 rings (SSSR count). The Kier molecular flexibility index (Phi) is 4.03. The van der Waals surface area contributed by atoms with Crippen molar-refractivity contribution in [1.82, 2.24) is 0 Å². The first-order chi connectivity index (χ1) is 6.36. The molecule has 1 aromatic carbocycles. The molecule has 0 fully saturated rings. The summed E-state index contributed by atoms with van der Waals surface area (Å²) in [7, 11) is 0. The van der Waals surface area contributed by atoms with Gasteiger partial charge in [0.25, 0.3) is 0 Å². The van der Waals surface area contributed by atoms with Crippen LogP contribution in [0.25, 0.3) is 0 Å². The molecule has 0 saturated heterocycles. The van der Waals surface area contributed by atoms with Crippen LogP contribution in [0.1, 0.15) is 25.3 Å². The zero-order valence-corrected chi connectivity index (χ0v) is 7.84. The van der Waals surface area contributed by atoms with Gasteiger partial charge in [0.1, 0.15) is 0 Å². The van der Waals surface area contributed by atoms with Gasteiger partial charge in [-0.1, -0.05) is 25.5 Å². The molecule has 2 nitrogen and oxygen atoms in total. The van der Waals surface area contributed by atoms with Gasteiger partial charge in [0.2, 0.25) is 6.29 Å². The first-order valence-electron chi connectivity index (χ1n) is 4.59.